The molecule has 6 nitrogen and oxygen atoms in total. The number of benzene rings is 2. The van der Waals surface area contributed by atoms with Crippen molar-refractivity contribution in [2.75, 3.05) is 13.7 Å². The van der Waals surface area contributed by atoms with Crippen molar-refractivity contribution in [2.24, 2.45) is 0 Å². The van der Waals surface area contributed by atoms with Crippen LogP contribution in [0.25, 0.3) is 10.9 Å². The van der Waals surface area contributed by atoms with Crippen molar-refractivity contribution in [1.82, 2.24) is 15.6 Å². The Morgan fingerprint density at radius 2 is 1.89 bits per heavy atom. The van der Waals surface area contributed by atoms with Gasteiger partial charge in [0.1, 0.15) is 5.75 Å². The Bertz CT molecular complexity index is 1010. The molecule has 3 N–H and O–H groups in total. The number of para-hydroxylation sites is 1. The van der Waals surface area contributed by atoms with Crippen LogP contribution in [-0.4, -0.2) is 24.7 Å². The number of carbonyl (C=O) groups excluding carboxylic acids is 1. The maximum atomic E-state index is 12.2. The lowest BCUT2D eigenvalue weighted by Gasteiger charge is -2.10. The zero-order chi connectivity index (χ0) is 19.2. The van der Waals surface area contributed by atoms with E-state index in [1.165, 1.54) is 0 Å². The van der Waals surface area contributed by atoms with Crippen LogP contribution in [0.5, 0.6) is 5.75 Å². The Morgan fingerprint density at radius 3 is 2.70 bits per heavy atom. The van der Waals surface area contributed by atoms with E-state index in [1.54, 1.807) is 7.11 Å². The third-order valence-electron chi connectivity index (χ3n) is 4.39. The summed E-state index contributed by atoms with van der Waals surface area (Å²) in [4.78, 5) is 27.0. The Balaban J connectivity index is 1.55. The summed E-state index contributed by atoms with van der Waals surface area (Å²) in [5, 5.41) is 6.48. The molecule has 0 bridgehead atoms. The summed E-state index contributed by atoms with van der Waals surface area (Å²) in [7, 11) is 1.63. The summed E-state index contributed by atoms with van der Waals surface area (Å²) in [6.45, 7) is 2.64. The van der Waals surface area contributed by atoms with Crippen LogP contribution >= 0.6 is 0 Å². The SMILES string of the molecule is COc1ccccc1CCNC(=O)NCc1cc2cc(C)ccc2[nH]c1=O. The molecule has 140 valence electrons. The van der Waals surface area contributed by atoms with Crippen LogP contribution in [0.2, 0.25) is 0 Å². The highest BCUT2D eigenvalue weighted by molar-refractivity contribution is 5.80. The molecule has 1 aromatic heterocycles. The molecular formula is C21H23N3O3. The molecule has 27 heavy (non-hydrogen) atoms. The normalized spacial score (nSPS) is 10.6. The molecule has 0 unspecified atom stereocenters. The van der Waals surface area contributed by atoms with Crippen molar-refractivity contribution in [3.8, 4) is 5.75 Å². The highest BCUT2D eigenvalue weighted by atomic mass is 16.5. The van der Waals surface area contributed by atoms with Crippen molar-refractivity contribution in [2.45, 2.75) is 19.9 Å². The number of hydrogen-bond donors (Lipinski definition) is 3. The van der Waals surface area contributed by atoms with Gasteiger partial charge in [-0.1, -0.05) is 29.8 Å². The third kappa shape index (κ3) is 4.67. The number of hydrogen-bond acceptors (Lipinski definition) is 3. The van der Waals surface area contributed by atoms with E-state index in [0.29, 0.717) is 18.5 Å². The van der Waals surface area contributed by atoms with Crippen molar-refractivity contribution in [1.29, 1.82) is 0 Å². The average molecular weight is 365 g/mol. The van der Waals surface area contributed by atoms with Crippen molar-refractivity contribution >= 4 is 16.9 Å². The lowest BCUT2D eigenvalue weighted by atomic mass is 10.1. The number of ether oxygens (including phenoxy) is 1. The van der Waals surface area contributed by atoms with Gasteiger partial charge in [0, 0.05) is 24.2 Å². The molecular weight excluding hydrogens is 342 g/mol. The summed E-state index contributed by atoms with van der Waals surface area (Å²) in [6.07, 6.45) is 0.660. The molecule has 0 aliphatic heterocycles. The summed E-state index contributed by atoms with van der Waals surface area (Å²) in [5.41, 5.74) is 3.26. The summed E-state index contributed by atoms with van der Waals surface area (Å²) >= 11 is 0. The lowest BCUT2D eigenvalue weighted by Crippen LogP contribution is -2.37. The van der Waals surface area contributed by atoms with Gasteiger partial charge in [-0.05, 0) is 48.6 Å². The van der Waals surface area contributed by atoms with Gasteiger partial charge in [0.05, 0.1) is 7.11 Å². The number of urea groups is 1. The minimum atomic E-state index is -0.311. The van der Waals surface area contributed by atoms with E-state index in [9.17, 15) is 9.59 Å². The van der Waals surface area contributed by atoms with E-state index in [-0.39, 0.29) is 18.1 Å². The van der Waals surface area contributed by atoms with Crippen LogP contribution < -0.4 is 20.9 Å². The average Bonchev–Trinajstić information content (AvgIpc) is 2.67. The second kappa shape index (κ2) is 8.40. The first-order chi connectivity index (χ1) is 13.1. The maximum absolute atomic E-state index is 12.2. The topological polar surface area (TPSA) is 83.2 Å². The minimum absolute atomic E-state index is 0.166. The van der Waals surface area contributed by atoms with Gasteiger partial charge in [0.25, 0.3) is 5.56 Å². The van der Waals surface area contributed by atoms with Crippen LogP contribution in [0.1, 0.15) is 16.7 Å². The molecule has 2 amide bonds. The van der Waals surface area contributed by atoms with E-state index >= 15 is 0 Å². The molecule has 0 aliphatic carbocycles. The molecule has 0 saturated heterocycles. The molecule has 6 heteroatoms. The Hall–Kier alpha value is -3.28. The van der Waals surface area contributed by atoms with Gasteiger partial charge in [-0.3, -0.25) is 4.79 Å². The molecule has 0 radical (unpaired) electrons. The third-order valence-corrected chi connectivity index (χ3v) is 4.39. The van der Waals surface area contributed by atoms with Gasteiger partial charge < -0.3 is 20.4 Å². The second-order valence-electron chi connectivity index (χ2n) is 6.39. The molecule has 0 fully saturated rings. The molecule has 1 heterocycles. The fourth-order valence-electron chi connectivity index (χ4n) is 2.96. The van der Waals surface area contributed by atoms with E-state index in [2.05, 4.69) is 15.6 Å². The number of methoxy groups -OCH3 is 1. The van der Waals surface area contributed by atoms with E-state index in [1.807, 2.05) is 55.5 Å². The monoisotopic (exact) mass is 365 g/mol. The van der Waals surface area contributed by atoms with Gasteiger partial charge in [-0.2, -0.15) is 0 Å². The zero-order valence-corrected chi connectivity index (χ0v) is 15.5. The van der Waals surface area contributed by atoms with Gasteiger partial charge in [-0.15, -0.1) is 0 Å². The summed E-state index contributed by atoms with van der Waals surface area (Å²) < 4.78 is 5.30. The highest BCUT2D eigenvalue weighted by Crippen LogP contribution is 2.17. The number of aromatic nitrogens is 1. The van der Waals surface area contributed by atoms with Crippen LogP contribution in [0, 0.1) is 6.92 Å². The number of carbonyl (C=O) groups is 1. The van der Waals surface area contributed by atoms with Crippen LogP contribution in [-0.2, 0) is 13.0 Å². The first-order valence-electron chi connectivity index (χ1n) is 8.83. The molecule has 0 atom stereocenters. The number of aryl methyl sites for hydroxylation is 1. The van der Waals surface area contributed by atoms with Gasteiger partial charge in [-0.25, -0.2) is 4.79 Å². The number of pyridine rings is 1. The maximum Gasteiger partial charge on any atom is 0.315 e. The zero-order valence-electron chi connectivity index (χ0n) is 15.5. The fraction of sp³-hybridized carbons (Fsp3) is 0.238. The van der Waals surface area contributed by atoms with Crippen molar-refractivity contribution < 1.29 is 9.53 Å². The first-order valence-corrected chi connectivity index (χ1v) is 8.83. The largest absolute Gasteiger partial charge is 0.496 e. The number of nitrogens with one attached hydrogen (secondary N) is 3. The quantitative estimate of drug-likeness (QED) is 0.628. The van der Waals surface area contributed by atoms with E-state index < -0.39 is 0 Å². The highest BCUT2D eigenvalue weighted by Gasteiger charge is 2.07. The van der Waals surface area contributed by atoms with Gasteiger partial charge >= 0.3 is 6.03 Å². The smallest absolute Gasteiger partial charge is 0.315 e. The van der Waals surface area contributed by atoms with E-state index in [0.717, 1.165) is 27.8 Å². The molecule has 0 spiro atoms. The Labute approximate surface area is 157 Å². The molecule has 3 rings (SSSR count). The number of H-pyrrole nitrogens is 1. The molecule has 2 aromatic carbocycles. The Kier molecular flexibility index (Phi) is 5.76. The van der Waals surface area contributed by atoms with Crippen LogP contribution in [0.4, 0.5) is 4.79 Å². The predicted molar refractivity (Wildman–Crippen MR) is 106 cm³/mol. The van der Waals surface area contributed by atoms with Crippen molar-refractivity contribution in [3.05, 3.63) is 75.6 Å². The predicted octanol–water partition coefficient (Wildman–Crippen LogP) is 2.89. The Morgan fingerprint density at radius 1 is 1.07 bits per heavy atom. The molecule has 0 saturated carbocycles. The van der Waals surface area contributed by atoms with Crippen molar-refractivity contribution in [3.63, 3.8) is 0 Å². The minimum Gasteiger partial charge on any atom is -0.496 e. The first kappa shape index (κ1) is 18.5. The number of fused-ring (bicyclic) bond motifs is 1. The van der Waals surface area contributed by atoms with Gasteiger partial charge in [0.15, 0.2) is 0 Å². The standard InChI is InChI=1S/C21H23N3O3/c1-14-7-8-18-16(11-14)12-17(20(25)24-18)13-23-21(26)22-10-9-15-5-3-4-6-19(15)27-2/h3-8,11-12H,9-10,13H2,1-2H3,(H,24,25)(H2,22,23,26). The van der Waals surface area contributed by atoms with Crippen LogP contribution in [0.3, 0.4) is 0 Å². The van der Waals surface area contributed by atoms with Gasteiger partial charge in [0.2, 0.25) is 0 Å². The van der Waals surface area contributed by atoms with E-state index in [4.69, 9.17) is 4.74 Å². The number of rotatable bonds is 6. The lowest BCUT2D eigenvalue weighted by molar-refractivity contribution is 0.240. The number of amides is 2. The number of aromatic amines is 1. The summed E-state index contributed by atoms with van der Waals surface area (Å²) in [5.74, 6) is 0.803. The summed E-state index contributed by atoms with van der Waals surface area (Å²) in [6, 6.07) is 15.0. The fourth-order valence-corrected chi connectivity index (χ4v) is 2.96. The molecule has 3 aromatic rings. The van der Waals surface area contributed by atoms with Crippen LogP contribution in [0.15, 0.2) is 53.3 Å². The molecule has 0 aliphatic rings. The second-order valence-corrected chi connectivity index (χ2v) is 6.39.